The molecule has 2 saturated heterocycles. The average Bonchev–Trinajstić information content (AvgIpc) is 3.22. The molecule has 0 radical (unpaired) electrons. The van der Waals surface area contributed by atoms with Gasteiger partial charge in [-0.1, -0.05) is 18.2 Å². The zero-order valence-electron chi connectivity index (χ0n) is 15.1. The molecule has 4 rings (SSSR count). The lowest BCUT2D eigenvalue weighted by Crippen LogP contribution is -2.32. The van der Waals surface area contributed by atoms with Gasteiger partial charge in [0.1, 0.15) is 0 Å². The number of carbonyl (C=O) groups excluding carboxylic acids is 1. The van der Waals surface area contributed by atoms with Crippen molar-refractivity contribution in [2.24, 2.45) is 11.8 Å². The number of aromatic nitrogens is 1. The number of amides is 1. The van der Waals surface area contributed by atoms with Gasteiger partial charge in [0.2, 0.25) is 0 Å². The molecular formula is C20H26ClN3O. The molecule has 4 nitrogen and oxygen atoms in total. The van der Waals surface area contributed by atoms with Crippen LogP contribution in [0.2, 0.25) is 0 Å². The molecule has 1 N–H and O–H groups in total. The molecule has 2 aliphatic rings. The van der Waals surface area contributed by atoms with Gasteiger partial charge >= 0.3 is 0 Å². The number of likely N-dealkylation sites (tertiary alicyclic amines) is 1. The van der Waals surface area contributed by atoms with E-state index in [1.807, 2.05) is 0 Å². The van der Waals surface area contributed by atoms with Crippen LogP contribution in [0.15, 0.2) is 30.3 Å². The van der Waals surface area contributed by atoms with E-state index in [2.05, 4.69) is 65.9 Å². The number of para-hydroxylation sites is 1. The highest BCUT2D eigenvalue weighted by Gasteiger charge is 2.38. The molecule has 1 aromatic heterocycles. The summed E-state index contributed by atoms with van der Waals surface area (Å²) < 4.78 is 2.21. The normalized spacial score (nSPS) is 22.0. The first-order chi connectivity index (χ1) is 11.6. The van der Waals surface area contributed by atoms with Crippen LogP contribution < -0.4 is 5.32 Å². The third kappa shape index (κ3) is 2.98. The molecule has 1 aromatic carbocycles. The summed E-state index contributed by atoms with van der Waals surface area (Å²) in [6.45, 7) is 10.1. The first kappa shape index (κ1) is 18.0. The molecule has 0 aliphatic carbocycles. The molecule has 1 amide bonds. The summed E-state index contributed by atoms with van der Waals surface area (Å²) >= 11 is 0. The Morgan fingerprint density at radius 1 is 1.08 bits per heavy atom. The fourth-order valence-corrected chi connectivity index (χ4v) is 4.36. The molecule has 2 atom stereocenters. The van der Waals surface area contributed by atoms with Gasteiger partial charge in [0.15, 0.2) is 0 Å². The summed E-state index contributed by atoms with van der Waals surface area (Å²) in [5.74, 6) is 1.46. The summed E-state index contributed by atoms with van der Waals surface area (Å²) in [7, 11) is 0. The van der Waals surface area contributed by atoms with Gasteiger partial charge in [-0.25, -0.2) is 0 Å². The Bertz CT molecular complexity index is 786. The number of nitrogens with zero attached hydrogens (tertiary/aromatic N) is 2. The van der Waals surface area contributed by atoms with Gasteiger partial charge in [-0.05, 0) is 50.3 Å². The highest BCUT2D eigenvalue weighted by molar-refractivity contribution is 5.96. The molecule has 5 heteroatoms. The number of hydrogen-bond acceptors (Lipinski definition) is 2. The summed E-state index contributed by atoms with van der Waals surface area (Å²) in [6.07, 6.45) is 0. The van der Waals surface area contributed by atoms with Crippen molar-refractivity contribution in [2.45, 2.75) is 20.8 Å². The predicted molar refractivity (Wildman–Crippen MR) is 103 cm³/mol. The van der Waals surface area contributed by atoms with E-state index >= 15 is 0 Å². The molecule has 2 fully saturated rings. The topological polar surface area (TPSA) is 37.3 Å². The van der Waals surface area contributed by atoms with Crippen molar-refractivity contribution < 1.29 is 4.79 Å². The van der Waals surface area contributed by atoms with Crippen LogP contribution in [0.1, 0.15) is 27.3 Å². The Kier molecular flexibility index (Phi) is 4.94. The highest BCUT2D eigenvalue weighted by Crippen LogP contribution is 2.29. The maximum absolute atomic E-state index is 13.1. The average molecular weight is 360 g/mol. The Hall–Kier alpha value is -1.78. The quantitative estimate of drug-likeness (QED) is 0.894. The zero-order chi connectivity index (χ0) is 16.8. The highest BCUT2D eigenvalue weighted by atomic mass is 35.5. The number of hydrogen-bond donors (Lipinski definition) is 1. The van der Waals surface area contributed by atoms with E-state index in [9.17, 15) is 4.79 Å². The molecule has 0 saturated carbocycles. The number of halogens is 1. The first-order valence-corrected chi connectivity index (χ1v) is 8.81. The van der Waals surface area contributed by atoms with E-state index in [1.165, 1.54) is 5.56 Å². The van der Waals surface area contributed by atoms with Gasteiger partial charge in [-0.3, -0.25) is 4.79 Å². The number of fused-ring (bicyclic) bond motifs is 1. The van der Waals surface area contributed by atoms with E-state index in [0.29, 0.717) is 11.8 Å². The van der Waals surface area contributed by atoms with Gasteiger partial charge < -0.3 is 14.8 Å². The van der Waals surface area contributed by atoms with E-state index in [0.717, 1.165) is 48.8 Å². The van der Waals surface area contributed by atoms with Crippen molar-refractivity contribution in [1.82, 2.24) is 14.8 Å². The van der Waals surface area contributed by atoms with Crippen LogP contribution in [-0.2, 0) is 0 Å². The standard InChI is InChI=1S/C20H25N3O.ClH/c1-13-6-4-5-7-19(13)23-14(2)8-18(15(23)3)20(24)22-11-16-9-21-10-17(16)12-22;/h4-8,16-17,21H,9-12H2,1-3H3;1H/t16-,17+;. The molecule has 0 spiro atoms. The number of carbonyl (C=O) groups is 1. The fraction of sp³-hybridized carbons (Fsp3) is 0.450. The van der Waals surface area contributed by atoms with Crippen molar-refractivity contribution in [3.63, 3.8) is 0 Å². The van der Waals surface area contributed by atoms with Crippen LogP contribution in [0.25, 0.3) is 5.69 Å². The zero-order valence-corrected chi connectivity index (χ0v) is 15.9. The van der Waals surface area contributed by atoms with Crippen LogP contribution in [0.3, 0.4) is 0 Å². The lowest BCUT2D eigenvalue weighted by Gasteiger charge is -2.18. The number of rotatable bonds is 2. The Morgan fingerprint density at radius 2 is 1.72 bits per heavy atom. The van der Waals surface area contributed by atoms with Crippen LogP contribution in [0, 0.1) is 32.6 Å². The van der Waals surface area contributed by atoms with Gasteiger partial charge in [0.05, 0.1) is 5.56 Å². The number of nitrogens with one attached hydrogen (secondary N) is 1. The second kappa shape index (κ2) is 6.85. The second-order valence-corrected chi connectivity index (χ2v) is 7.30. The molecule has 0 bridgehead atoms. The van der Waals surface area contributed by atoms with Gasteiger partial charge in [-0.2, -0.15) is 0 Å². The van der Waals surface area contributed by atoms with E-state index in [4.69, 9.17) is 0 Å². The SMILES string of the molecule is Cc1ccccc1-n1c(C)cc(C(=O)N2C[C@H]3CNC[C@H]3C2)c1C.Cl. The third-order valence-electron chi connectivity index (χ3n) is 5.69. The fourth-order valence-electron chi connectivity index (χ4n) is 4.36. The number of benzene rings is 1. The predicted octanol–water partition coefficient (Wildman–Crippen LogP) is 3.12. The summed E-state index contributed by atoms with van der Waals surface area (Å²) in [4.78, 5) is 15.1. The lowest BCUT2D eigenvalue weighted by molar-refractivity contribution is 0.0781. The van der Waals surface area contributed by atoms with Crippen molar-refractivity contribution in [3.05, 3.63) is 52.8 Å². The largest absolute Gasteiger partial charge is 0.338 e. The summed E-state index contributed by atoms with van der Waals surface area (Å²) in [5.41, 5.74) is 5.39. The molecule has 2 aromatic rings. The first-order valence-electron chi connectivity index (χ1n) is 8.81. The minimum Gasteiger partial charge on any atom is -0.338 e. The maximum atomic E-state index is 13.1. The van der Waals surface area contributed by atoms with Crippen molar-refractivity contribution in [3.8, 4) is 5.69 Å². The minimum atomic E-state index is 0. The summed E-state index contributed by atoms with van der Waals surface area (Å²) in [6, 6.07) is 10.4. The summed E-state index contributed by atoms with van der Waals surface area (Å²) in [5, 5.41) is 3.43. The smallest absolute Gasteiger partial charge is 0.255 e. The minimum absolute atomic E-state index is 0. The molecule has 25 heavy (non-hydrogen) atoms. The molecular weight excluding hydrogens is 334 g/mol. The van der Waals surface area contributed by atoms with Crippen LogP contribution in [-0.4, -0.2) is 41.6 Å². The van der Waals surface area contributed by atoms with E-state index in [1.54, 1.807) is 0 Å². The van der Waals surface area contributed by atoms with Gasteiger partial charge in [0, 0.05) is 43.3 Å². The lowest BCUT2D eigenvalue weighted by atomic mass is 10.0. The van der Waals surface area contributed by atoms with Crippen LogP contribution >= 0.6 is 12.4 Å². The van der Waals surface area contributed by atoms with E-state index in [-0.39, 0.29) is 18.3 Å². The molecule has 3 heterocycles. The Labute approximate surface area is 155 Å². The number of aryl methyl sites for hydroxylation is 2. The Morgan fingerprint density at radius 3 is 2.36 bits per heavy atom. The third-order valence-corrected chi connectivity index (χ3v) is 5.69. The molecule has 2 aliphatic heterocycles. The van der Waals surface area contributed by atoms with E-state index < -0.39 is 0 Å². The van der Waals surface area contributed by atoms with Gasteiger partial charge in [-0.15, -0.1) is 12.4 Å². The van der Waals surface area contributed by atoms with Crippen LogP contribution in [0.4, 0.5) is 0 Å². The molecule has 134 valence electrons. The maximum Gasteiger partial charge on any atom is 0.255 e. The second-order valence-electron chi connectivity index (χ2n) is 7.30. The van der Waals surface area contributed by atoms with Crippen molar-refractivity contribution in [2.75, 3.05) is 26.2 Å². The molecule has 0 unspecified atom stereocenters. The Balaban J connectivity index is 0.00000182. The van der Waals surface area contributed by atoms with Gasteiger partial charge in [0.25, 0.3) is 5.91 Å². The van der Waals surface area contributed by atoms with Crippen molar-refractivity contribution >= 4 is 18.3 Å². The van der Waals surface area contributed by atoms with Crippen molar-refractivity contribution in [1.29, 1.82) is 0 Å². The monoisotopic (exact) mass is 359 g/mol. The van der Waals surface area contributed by atoms with Crippen LogP contribution in [0.5, 0.6) is 0 Å².